The molecule has 0 aromatic carbocycles. The van der Waals surface area contributed by atoms with Crippen molar-refractivity contribution in [3.05, 3.63) is 0 Å². The standard InChI is InChI=1S/C10H21ClS/c1-5-9(2)8-12-10(3,4)6-7-11/h9H,5-8H2,1-4H3/t9-/m0/s1. The number of hydrogen-bond donors (Lipinski definition) is 0. The van der Waals surface area contributed by atoms with Crippen molar-refractivity contribution in [1.82, 2.24) is 0 Å². The van der Waals surface area contributed by atoms with E-state index in [4.69, 9.17) is 11.6 Å². The highest BCUT2D eigenvalue weighted by molar-refractivity contribution is 8.00. The van der Waals surface area contributed by atoms with Gasteiger partial charge >= 0.3 is 0 Å². The molecule has 0 saturated heterocycles. The van der Waals surface area contributed by atoms with Gasteiger partial charge in [-0.2, -0.15) is 11.8 Å². The largest absolute Gasteiger partial charge is 0.155 e. The molecule has 2 heteroatoms. The van der Waals surface area contributed by atoms with Crippen molar-refractivity contribution in [2.75, 3.05) is 11.6 Å². The molecule has 0 heterocycles. The first-order chi connectivity index (χ1) is 5.52. The maximum atomic E-state index is 5.72. The van der Waals surface area contributed by atoms with Gasteiger partial charge in [-0.25, -0.2) is 0 Å². The van der Waals surface area contributed by atoms with Crippen LogP contribution in [0.4, 0.5) is 0 Å². The van der Waals surface area contributed by atoms with Gasteiger partial charge in [-0.05, 0) is 18.1 Å². The van der Waals surface area contributed by atoms with Crippen molar-refractivity contribution in [3.8, 4) is 0 Å². The summed E-state index contributed by atoms with van der Waals surface area (Å²) in [6.07, 6.45) is 2.39. The number of thioether (sulfide) groups is 1. The van der Waals surface area contributed by atoms with E-state index in [2.05, 4.69) is 39.5 Å². The fourth-order valence-electron chi connectivity index (χ4n) is 0.785. The molecule has 0 fully saturated rings. The third-order valence-electron chi connectivity index (χ3n) is 2.15. The quantitative estimate of drug-likeness (QED) is 0.591. The second-order valence-electron chi connectivity index (χ2n) is 4.02. The summed E-state index contributed by atoms with van der Waals surface area (Å²) < 4.78 is 0.366. The summed E-state index contributed by atoms with van der Waals surface area (Å²) in [5, 5.41) is 0. The molecular weight excluding hydrogens is 188 g/mol. The maximum Gasteiger partial charge on any atom is 0.0236 e. The minimum atomic E-state index is 0.366. The Bertz CT molecular complexity index is 112. The van der Waals surface area contributed by atoms with Crippen LogP contribution >= 0.6 is 23.4 Å². The van der Waals surface area contributed by atoms with Crippen LogP contribution < -0.4 is 0 Å². The van der Waals surface area contributed by atoms with E-state index in [9.17, 15) is 0 Å². The lowest BCUT2D eigenvalue weighted by Crippen LogP contribution is -2.17. The van der Waals surface area contributed by atoms with Crippen LogP contribution in [0.15, 0.2) is 0 Å². The first-order valence-corrected chi connectivity index (χ1v) is 6.23. The Balaban J connectivity index is 3.59. The van der Waals surface area contributed by atoms with Crippen LogP contribution in [0, 0.1) is 5.92 Å². The van der Waals surface area contributed by atoms with E-state index in [0.29, 0.717) is 4.75 Å². The summed E-state index contributed by atoms with van der Waals surface area (Å²) in [7, 11) is 0. The Morgan fingerprint density at radius 3 is 2.42 bits per heavy atom. The van der Waals surface area contributed by atoms with Gasteiger partial charge in [0.25, 0.3) is 0 Å². The Kier molecular flexibility index (Phi) is 6.48. The summed E-state index contributed by atoms with van der Waals surface area (Å²) in [6.45, 7) is 9.12. The van der Waals surface area contributed by atoms with Gasteiger partial charge in [-0.1, -0.05) is 34.1 Å². The summed E-state index contributed by atoms with van der Waals surface area (Å²) in [4.78, 5) is 0. The molecule has 0 nitrogen and oxygen atoms in total. The van der Waals surface area contributed by atoms with Crippen molar-refractivity contribution in [2.24, 2.45) is 5.92 Å². The average Bonchev–Trinajstić information content (AvgIpc) is 2.00. The van der Waals surface area contributed by atoms with Crippen LogP contribution in [0.25, 0.3) is 0 Å². The lowest BCUT2D eigenvalue weighted by molar-refractivity contribution is 0.624. The third-order valence-corrected chi connectivity index (χ3v) is 4.06. The van der Waals surface area contributed by atoms with Gasteiger partial charge in [0.05, 0.1) is 0 Å². The molecule has 74 valence electrons. The summed E-state index contributed by atoms with van der Waals surface area (Å²) in [5.41, 5.74) is 0. The van der Waals surface area contributed by atoms with E-state index in [0.717, 1.165) is 18.2 Å². The molecule has 0 spiro atoms. The first-order valence-electron chi connectivity index (χ1n) is 4.71. The smallest absolute Gasteiger partial charge is 0.0236 e. The molecule has 12 heavy (non-hydrogen) atoms. The highest BCUT2D eigenvalue weighted by Crippen LogP contribution is 2.30. The van der Waals surface area contributed by atoms with Crippen molar-refractivity contribution in [1.29, 1.82) is 0 Å². The molecule has 0 aliphatic heterocycles. The summed E-state index contributed by atoms with van der Waals surface area (Å²) >= 11 is 7.77. The molecule has 0 amide bonds. The lowest BCUT2D eigenvalue weighted by Gasteiger charge is -2.24. The lowest BCUT2D eigenvalue weighted by atomic mass is 10.1. The van der Waals surface area contributed by atoms with E-state index in [1.807, 2.05) is 0 Å². The highest BCUT2D eigenvalue weighted by atomic mass is 35.5. The van der Waals surface area contributed by atoms with Gasteiger partial charge in [0.15, 0.2) is 0 Å². The minimum Gasteiger partial charge on any atom is -0.155 e. The van der Waals surface area contributed by atoms with Crippen molar-refractivity contribution in [3.63, 3.8) is 0 Å². The Labute approximate surface area is 86.5 Å². The van der Waals surface area contributed by atoms with Crippen molar-refractivity contribution >= 4 is 23.4 Å². The maximum absolute atomic E-state index is 5.72. The molecule has 0 unspecified atom stereocenters. The molecule has 0 aliphatic rings. The molecule has 0 rings (SSSR count). The molecule has 1 atom stereocenters. The van der Waals surface area contributed by atoms with Crippen LogP contribution in [-0.2, 0) is 0 Å². The summed E-state index contributed by atoms with van der Waals surface area (Å²) in [6, 6.07) is 0. The average molecular weight is 209 g/mol. The van der Waals surface area contributed by atoms with Crippen LogP contribution in [0.3, 0.4) is 0 Å². The number of halogens is 1. The molecule has 0 saturated carbocycles. The predicted octanol–water partition coefficient (Wildman–Crippen LogP) is 4.17. The van der Waals surface area contributed by atoms with Crippen LogP contribution in [0.1, 0.15) is 40.5 Å². The fraction of sp³-hybridized carbons (Fsp3) is 1.00. The van der Waals surface area contributed by atoms with E-state index in [-0.39, 0.29) is 0 Å². The SMILES string of the molecule is CC[C@H](C)CSC(C)(C)CCCl. The molecule has 0 aromatic rings. The number of alkyl halides is 1. The molecule has 0 aliphatic carbocycles. The number of hydrogen-bond acceptors (Lipinski definition) is 1. The summed E-state index contributed by atoms with van der Waals surface area (Å²) in [5.74, 6) is 2.88. The van der Waals surface area contributed by atoms with Crippen LogP contribution in [0.5, 0.6) is 0 Å². The second kappa shape index (κ2) is 6.15. The molecule has 0 bridgehead atoms. The second-order valence-corrected chi connectivity index (χ2v) is 6.13. The van der Waals surface area contributed by atoms with Gasteiger partial charge in [-0.15, -0.1) is 11.6 Å². The topological polar surface area (TPSA) is 0 Å². The highest BCUT2D eigenvalue weighted by Gasteiger charge is 2.17. The Hall–Kier alpha value is 0.640. The van der Waals surface area contributed by atoms with Crippen molar-refractivity contribution in [2.45, 2.75) is 45.3 Å². The monoisotopic (exact) mass is 208 g/mol. The van der Waals surface area contributed by atoms with E-state index >= 15 is 0 Å². The van der Waals surface area contributed by atoms with Gasteiger partial charge in [-0.3, -0.25) is 0 Å². The zero-order chi connectivity index (χ0) is 9.61. The predicted molar refractivity (Wildman–Crippen MR) is 61.3 cm³/mol. The van der Waals surface area contributed by atoms with Crippen LogP contribution in [0.2, 0.25) is 0 Å². The molecule has 0 aromatic heterocycles. The van der Waals surface area contributed by atoms with Gasteiger partial charge in [0, 0.05) is 10.6 Å². The van der Waals surface area contributed by atoms with Gasteiger partial charge in [0.2, 0.25) is 0 Å². The van der Waals surface area contributed by atoms with Gasteiger partial charge < -0.3 is 0 Å². The third kappa shape index (κ3) is 6.19. The van der Waals surface area contributed by atoms with E-state index < -0.39 is 0 Å². The molecular formula is C10H21ClS. The fourth-order valence-corrected chi connectivity index (χ4v) is 2.59. The Morgan fingerprint density at radius 1 is 1.42 bits per heavy atom. The van der Waals surface area contributed by atoms with E-state index in [1.54, 1.807) is 0 Å². The minimum absolute atomic E-state index is 0.366. The zero-order valence-electron chi connectivity index (χ0n) is 8.69. The first kappa shape index (κ1) is 12.6. The van der Waals surface area contributed by atoms with E-state index in [1.165, 1.54) is 12.2 Å². The normalized spacial score (nSPS) is 14.8. The molecule has 0 radical (unpaired) electrons. The molecule has 0 N–H and O–H groups in total. The number of rotatable bonds is 6. The van der Waals surface area contributed by atoms with Crippen LogP contribution in [-0.4, -0.2) is 16.4 Å². The zero-order valence-corrected chi connectivity index (χ0v) is 10.3. The van der Waals surface area contributed by atoms with Gasteiger partial charge in [0.1, 0.15) is 0 Å². The Morgan fingerprint density at radius 2 is 2.00 bits per heavy atom. The van der Waals surface area contributed by atoms with Crippen molar-refractivity contribution < 1.29 is 0 Å².